The largest absolute Gasteiger partial charge is 0.508 e. The molecule has 1 atom stereocenters. The highest BCUT2D eigenvalue weighted by Crippen LogP contribution is 2.42. The third kappa shape index (κ3) is 3.64. The number of carbonyl (C=O) groups excluding carboxylic acids is 2. The van der Waals surface area contributed by atoms with Crippen LogP contribution in [-0.2, 0) is 9.59 Å². The Morgan fingerprint density at radius 3 is 2.10 bits per heavy atom. The van der Waals surface area contributed by atoms with Crippen molar-refractivity contribution in [3.63, 3.8) is 0 Å². The Hall–Kier alpha value is -4.06. The molecule has 1 aliphatic heterocycles. The van der Waals surface area contributed by atoms with E-state index >= 15 is 0 Å². The molecule has 2 N–H and O–H groups in total. The van der Waals surface area contributed by atoms with Gasteiger partial charge >= 0.3 is 0 Å². The van der Waals surface area contributed by atoms with E-state index in [1.165, 1.54) is 17.0 Å². The van der Waals surface area contributed by atoms with Gasteiger partial charge in [-0.25, -0.2) is 0 Å². The van der Waals surface area contributed by atoms with E-state index in [0.717, 1.165) is 5.56 Å². The number of methoxy groups -OCH3 is 1. The average Bonchev–Trinajstić information content (AvgIpc) is 3.05. The van der Waals surface area contributed by atoms with Crippen LogP contribution in [0.25, 0.3) is 5.76 Å². The molecule has 3 aromatic rings. The number of ether oxygens (including phenoxy) is 1. The van der Waals surface area contributed by atoms with Crippen LogP contribution in [0.5, 0.6) is 11.5 Å². The van der Waals surface area contributed by atoms with Gasteiger partial charge in [-0.2, -0.15) is 0 Å². The molecule has 1 aliphatic rings. The lowest BCUT2D eigenvalue weighted by Gasteiger charge is -2.25. The number of hydrogen-bond acceptors (Lipinski definition) is 5. The molecule has 3 aromatic carbocycles. The normalized spacial score (nSPS) is 17.7. The molecule has 31 heavy (non-hydrogen) atoms. The SMILES string of the molecule is COc1ccc(N2C(=O)C(=O)/C(=C(/O)c3ccc(C)cc3)C2c2ccc(O)cc2)cc1. The number of benzene rings is 3. The summed E-state index contributed by atoms with van der Waals surface area (Å²) in [5.41, 5.74) is 2.52. The van der Waals surface area contributed by atoms with E-state index in [4.69, 9.17) is 4.74 Å². The summed E-state index contributed by atoms with van der Waals surface area (Å²) in [4.78, 5) is 27.5. The molecule has 0 radical (unpaired) electrons. The first kappa shape index (κ1) is 20.2. The molecule has 1 fully saturated rings. The maximum absolute atomic E-state index is 13.1. The van der Waals surface area contributed by atoms with E-state index < -0.39 is 17.7 Å². The third-order valence-corrected chi connectivity index (χ3v) is 5.33. The molecule has 0 aliphatic carbocycles. The van der Waals surface area contributed by atoms with Crippen LogP contribution in [0.1, 0.15) is 22.7 Å². The Morgan fingerprint density at radius 2 is 1.52 bits per heavy atom. The fourth-order valence-corrected chi connectivity index (χ4v) is 3.68. The molecule has 1 amide bonds. The number of rotatable bonds is 4. The number of anilines is 1. The predicted molar refractivity (Wildman–Crippen MR) is 117 cm³/mol. The van der Waals surface area contributed by atoms with Crippen molar-refractivity contribution in [3.05, 3.63) is 95.1 Å². The molecule has 4 rings (SSSR count). The minimum absolute atomic E-state index is 0.00430. The van der Waals surface area contributed by atoms with Crippen LogP contribution in [-0.4, -0.2) is 29.0 Å². The Morgan fingerprint density at radius 1 is 0.903 bits per heavy atom. The summed E-state index contributed by atoms with van der Waals surface area (Å²) in [7, 11) is 1.54. The number of aliphatic hydroxyl groups excluding tert-OH is 1. The molecule has 1 heterocycles. The fraction of sp³-hybridized carbons (Fsp3) is 0.120. The standard InChI is InChI=1S/C25H21NO5/c1-15-3-5-17(6-4-15)23(28)21-22(16-7-11-19(27)12-8-16)26(25(30)24(21)29)18-9-13-20(31-2)14-10-18/h3-14,22,27-28H,1-2H3/b23-21+. The van der Waals surface area contributed by atoms with Crippen molar-refractivity contribution in [2.75, 3.05) is 12.0 Å². The number of aromatic hydroxyl groups is 1. The zero-order valence-corrected chi connectivity index (χ0v) is 17.1. The minimum atomic E-state index is -0.852. The van der Waals surface area contributed by atoms with E-state index in [1.54, 1.807) is 55.6 Å². The average molecular weight is 415 g/mol. The van der Waals surface area contributed by atoms with E-state index in [-0.39, 0.29) is 17.1 Å². The second-order valence-corrected chi connectivity index (χ2v) is 7.32. The second-order valence-electron chi connectivity index (χ2n) is 7.32. The van der Waals surface area contributed by atoms with Crippen molar-refractivity contribution < 1.29 is 24.5 Å². The van der Waals surface area contributed by atoms with Gasteiger partial charge in [-0.15, -0.1) is 0 Å². The molecule has 6 heteroatoms. The second kappa shape index (κ2) is 7.99. The maximum Gasteiger partial charge on any atom is 0.300 e. The first-order valence-electron chi connectivity index (χ1n) is 9.71. The van der Waals surface area contributed by atoms with Crippen molar-refractivity contribution >= 4 is 23.1 Å². The number of aliphatic hydroxyl groups is 1. The summed E-state index contributed by atoms with van der Waals surface area (Å²) in [6.45, 7) is 1.92. The lowest BCUT2D eigenvalue weighted by molar-refractivity contribution is -0.132. The van der Waals surface area contributed by atoms with Gasteiger partial charge in [0.05, 0.1) is 18.7 Å². The van der Waals surface area contributed by atoms with Crippen LogP contribution in [0.3, 0.4) is 0 Å². The topological polar surface area (TPSA) is 87.1 Å². The summed E-state index contributed by atoms with van der Waals surface area (Å²) >= 11 is 0. The van der Waals surface area contributed by atoms with Crippen LogP contribution in [0, 0.1) is 6.92 Å². The third-order valence-electron chi connectivity index (χ3n) is 5.33. The van der Waals surface area contributed by atoms with Gasteiger partial charge in [-0.1, -0.05) is 42.0 Å². The van der Waals surface area contributed by atoms with Gasteiger partial charge in [0.2, 0.25) is 0 Å². The van der Waals surface area contributed by atoms with Crippen LogP contribution in [0.2, 0.25) is 0 Å². The van der Waals surface area contributed by atoms with Crippen molar-refractivity contribution in [1.29, 1.82) is 0 Å². The molecule has 0 saturated carbocycles. The molecule has 1 unspecified atom stereocenters. The summed E-state index contributed by atoms with van der Waals surface area (Å²) in [6, 6.07) is 19.2. The van der Waals surface area contributed by atoms with Crippen molar-refractivity contribution in [2.24, 2.45) is 0 Å². The number of hydrogen-bond donors (Lipinski definition) is 2. The Bertz CT molecular complexity index is 1160. The molecule has 1 saturated heterocycles. The number of aryl methyl sites for hydroxylation is 1. The van der Waals surface area contributed by atoms with Crippen LogP contribution in [0.4, 0.5) is 5.69 Å². The molecule has 0 aromatic heterocycles. The summed E-state index contributed by atoms with van der Waals surface area (Å²) in [6.07, 6.45) is 0. The van der Waals surface area contributed by atoms with Crippen molar-refractivity contribution in [3.8, 4) is 11.5 Å². The van der Waals surface area contributed by atoms with Gasteiger partial charge in [-0.05, 0) is 48.9 Å². The zero-order valence-electron chi connectivity index (χ0n) is 17.1. The Kier molecular flexibility index (Phi) is 5.21. The maximum atomic E-state index is 13.1. The molecule has 0 spiro atoms. The smallest absolute Gasteiger partial charge is 0.300 e. The fourth-order valence-electron chi connectivity index (χ4n) is 3.68. The van der Waals surface area contributed by atoms with Gasteiger partial charge in [0, 0.05) is 11.3 Å². The van der Waals surface area contributed by atoms with Gasteiger partial charge in [0.25, 0.3) is 11.7 Å². The monoisotopic (exact) mass is 415 g/mol. The van der Waals surface area contributed by atoms with Crippen LogP contribution >= 0.6 is 0 Å². The highest BCUT2D eigenvalue weighted by molar-refractivity contribution is 6.51. The van der Waals surface area contributed by atoms with Gasteiger partial charge < -0.3 is 14.9 Å². The Balaban J connectivity index is 1.91. The van der Waals surface area contributed by atoms with Gasteiger partial charge in [0.1, 0.15) is 17.3 Å². The minimum Gasteiger partial charge on any atom is -0.508 e. The van der Waals surface area contributed by atoms with Crippen LogP contribution < -0.4 is 9.64 Å². The Labute approximate surface area is 179 Å². The van der Waals surface area contributed by atoms with E-state index in [0.29, 0.717) is 22.6 Å². The van der Waals surface area contributed by atoms with Gasteiger partial charge in [-0.3, -0.25) is 14.5 Å². The zero-order chi connectivity index (χ0) is 22.1. The van der Waals surface area contributed by atoms with E-state index in [2.05, 4.69) is 0 Å². The number of phenolic OH excluding ortho intramolecular Hbond substituents is 1. The summed E-state index contributed by atoms with van der Waals surface area (Å²) in [5, 5.41) is 20.7. The van der Waals surface area contributed by atoms with Crippen LogP contribution in [0.15, 0.2) is 78.4 Å². The van der Waals surface area contributed by atoms with Crippen molar-refractivity contribution in [2.45, 2.75) is 13.0 Å². The van der Waals surface area contributed by atoms with E-state index in [9.17, 15) is 19.8 Å². The quantitative estimate of drug-likeness (QED) is 0.376. The highest BCUT2D eigenvalue weighted by atomic mass is 16.5. The molecule has 0 bridgehead atoms. The first-order valence-corrected chi connectivity index (χ1v) is 9.71. The summed E-state index contributed by atoms with van der Waals surface area (Å²) in [5.74, 6) is -1.08. The van der Waals surface area contributed by atoms with Crippen molar-refractivity contribution in [1.82, 2.24) is 0 Å². The number of Topliss-reactive ketones (excluding diaryl/α,β-unsaturated/α-hetero) is 1. The number of ketones is 1. The summed E-state index contributed by atoms with van der Waals surface area (Å²) < 4.78 is 5.18. The number of phenols is 1. The highest BCUT2D eigenvalue weighted by Gasteiger charge is 2.46. The van der Waals surface area contributed by atoms with Gasteiger partial charge in [0.15, 0.2) is 0 Å². The molecule has 6 nitrogen and oxygen atoms in total. The van der Waals surface area contributed by atoms with E-state index in [1.807, 2.05) is 19.1 Å². The lowest BCUT2D eigenvalue weighted by atomic mass is 9.95. The molecular formula is C25H21NO5. The lowest BCUT2D eigenvalue weighted by Crippen LogP contribution is -2.29. The number of amides is 1. The number of nitrogens with zero attached hydrogens (tertiary/aromatic N) is 1. The molecule has 156 valence electrons. The predicted octanol–water partition coefficient (Wildman–Crippen LogP) is 4.34. The first-order chi connectivity index (χ1) is 14.9. The number of carbonyl (C=O) groups is 2. The molecular weight excluding hydrogens is 394 g/mol.